The van der Waals surface area contributed by atoms with Crippen molar-refractivity contribution in [3.05, 3.63) is 83.7 Å². The van der Waals surface area contributed by atoms with E-state index in [4.69, 9.17) is 5.73 Å². The van der Waals surface area contributed by atoms with Crippen LogP contribution in [0.5, 0.6) is 0 Å². The summed E-state index contributed by atoms with van der Waals surface area (Å²) in [6.45, 7) is 0.494. The van der Waals surface area contributed by atoms with E-state index in [1.165, 1.54) is 16.0 Å². The van der Waals surface area contributed by atoms with Crippen LogP contribution in [0.3, 0.4) is 0 Å². The van der Waals surface area contributed by atoms with Gasteiger partial charge in [-0.2, -0.15) is 0 Å². The highest BCUT2D eigenvalue weighted by atomic mass is 16.2. The fourth-order valence-corrected chi connectivity index (χ4v) is 3.46. The van der Waals surface area contributed by atoms with E-state index in [0.29, 0.717) is 6.54 Å². The largest absolute Gasteiger partial charge is 0.324 e. The van der Waals surface area contributed by atoms with E-state index < -0.39 is 12.1 Å². The Morgan fingerprint density at radius 3 is 2.04 bits per heavy atom. The number of piperazine rings is 1. The maximum Gasteiger partial charge on any atom is 0.272 e. The molecule has 2 N–H and O–H groups in total. The zero-order valence-electron chi connectivity index (χ0n) is 15.2. The fraction of sp³-hybridized carbons (Fsp3) is 0.190. The molecule has 7 heteroatoms. The van der Waals surface area contributed by atoms with E-state index in [1.807, 2.05) is 60.7 Å². The first-order valence-electron chi connectivity index (χ1n) is 9.01. The van der Waals surface area contributed by atoms with Crippen molar-refractivity contribution in [1.82, 2.24) is 14.7 Å². The van der Waals surface area contributed by atoms with Crippen molar-refractivity contribution in [2.75, 3.05) is 6.54 Å². The lowest BCUT2D eigenvalue weighted by atomic mass is 10.1. The first-order chi connectivity index (χ1) is 13.5. The quantitative estimate of drug-likeness (QED) is 0.863. The molecule has 2 aliphatic heterocycles. The molecule has 0 bridgehead atoms. The third-order valence-corrected chi connectivity index (χ3v) is 4.87. The summed E-state index contributed by atoms with van der Waals surface area (Å²) >= 11 is 0. The SMILES string of the molecule is N[C@H]1C(=O)N(Cc2ccccc2)C=C2C(=O)N(Cc3ccccc3)CC(=O)N21. The predicted molar refractivity (Wildman–Crippen MR) is 102 cm³/mol. The molecule has 0 aliphatic carbocycles. The molecule has 3 amide bonds. The van der Waals surface area contributed by atoms with Crippen molar-refractivity contribution in [2.45, 2.75) is 19.3 Å². The van der Waals surface area contributed by atoms with Crippen LogP contribution < -0.4 is 5.73 Å². The molecule has 1 fully saturated rings. The Morgan fingerprint density at radius 1 is 0.857 bits per heavy atom. The maximum absolute atomic E-state index is 13.0. The summed E-state index contributed by atoms with van der Waals surface area (Å²) < 4.78 is 0. The van der Waals surface area contributed by atoms with Crippen molar-refractivity contribution < 1.29 is 14.4 Å². The minimum atomic E-state index is -1.20. The monoisotopic (exact) mass is 376 g/mol. The fourth-order valence-electron chi connectivity index (χ4n) is 3.46. The van der Waals surface area contributed by atoms with Gasteiger partial charge in [-0.15, -0.1) is 0 Å². The minimum absolute atomic E-state index is 0.106. The van der Waals surface area contributed by atoms with Crippen molar-refractivity contribution in [3.8, 4) is 0 Å². The highest BCUT2D eigenvalue weighted by Gasteiger charge is 2.44. The van der Waals surface area contributed by atoms with Crippen molar-refractivity contribution >= 4 is 17.7 Å². The third kappa shape index (κ3) is 3.27. The number of amides is 3. The van der Waals surface area contributed by atoms with E-state index in [9.17, 15) is 14.4 Å². The van der Waals surface area contributed by atoms with Gasteiger partial charge in [-0.1, -0.05) is 60.7 Å². The van der Waals surface area contributed by atoms with E-state index in [0.717, 1.165) is 16.0 Å². The average molecular weight is 376 g/mol. The number of hydrogen-bond acceptors (Lipinski definition) is 4. The van der Waals surface area contributed by atoms with Gasteiger partial charge in [0.15, 0.2) is 6.17 Å². The Hall–Kier alpha value is -3.45. The molecule has 1 saturated heterocycles. The Balaban J connectivity index is 1.63. The van der Waals surface area contributed by atoms with Gasteiger partial charge in [0.2, 0.25) is 5.91 Å². The Morgan fingerprint density at radius 2 is 1.43 bits per heavy atom. The molecule has 2 aliphatic rings. The summed E-state index contributed by atoms with van der Waals surface area (Å²) in [6.07, 6.45) is 0.245. The van der Waals surface area contributed by atoms with Crippen molar-refractivity contribution in [3.63, 3.8) is 0 Å². The number of rotatable bonds is 4. The Kier molecular flexibility index (Phi) is 4.67. The Labute approximate surface area is 162 Å². The molecule has 7 nitrogen and oxygen atoms in total. The van der Waals surface area contributed by atoms with Crippen molar-refractivity contribution in [2.24, 2.45) is 5.73 Å². The number of benzene rings is 2. The van der Waals surface area contributed by atoms with E-state index in [2.05, 4.69) is 0 Å². The molecule has 0 spiro atoms. The predicted octanol–water partition coefficient (Wildman–Crippen LogP) is 1.03. The molecule has 0 aromatic heterocycles. The second-order valence-electron chi connectivity index (χ2n) is 6.82. The summed E-state index contributed by atoms with van der Waals surface area (Å²) in [5, 5.41) is 0. The minimum Gasteiger partial charge on any atom is -0.324 e. The molecule has 0 radical (unpaired) electrons. The topological polar surface area (TPSA) is 87.0 Å². The van der Waals surface area contributed by atoms with E-state index in [-0.39, 0.29) is 30.6 Å². The van der Waals surface area contributed by atoms with Crippen LogP contribution in [0.2, 0.25) is 0 Å². The summed E-state index contributed by atoms with van der Waals surface area (Å²) in [5.74, 6) is -1.09. The van der Waals surface area contributed by atoms with Crippen LogP contribution in [0, 0.1) is 0 Å². The van der Waals surface area contributed by atoms with Crippen LogP contribution in [0.15, 0.2) is 72.6 Å². The molecule has 2 aromatic carbocycles. The lowest BCUT2D eigenvalue weighted by Gasteiger charge is -2.42. The molecular weight excluding hydrogens is 356 g/mol. The smallest absolute Gasteiger partial charge is 0.272 e. The molecule has 1 atom stereocenters. The number of carbonyl (C=O) groups is 3. The number of nitrogens with two attached hydrogens (primary N) is 1. The van der Waals surface area contributed by atoms with Gasteiger partial charge in [0.1, 0.15) is 12.2 Å². The van der Waals surface area contributed by atoms with Crippen LogP contribution in [0.1, 0.15) is 11.1 Å². The highest BCUT2D eigenvalue weighted by Crippen LogP contribution is 2.25. The molecule has 28 heavy (non-hydrogen) atoms. The van der Waals surface area contributed by atoms with Crippen LogP contribution in [0.25, 0.3) is 0 Å². The first kappa shape index (κ1) is 17.9. The summed E-state index contributed by atoms with van der Waals surface area (Å²) in [7, 11) is 0. The van der Waals surface area contributed by atoms with Gasteiger partial charge in [-0.3, -0.25) is 19.3 Å². The van der Waals surface area contributed by atoms with Crippen LogP contribution in [0.4, 0.5) is 0 Å². The molecule has 0 unspecified atom stereocenters. The summed E-state index contributed by atoms with van der Waals surface area (Å²) in [4.78, 5) is 42.3. The maximum atomic E-state index is 13.0. The summed E-state index contributed by atoms with van der Waals surface area (Å²) in [5.41, 5.74) is 8.00. The summed E-state index contributed by atoms with van der Waals surface area (Å²) in [6, 6.07) is 18.9. The third-order valence-electron chi connectivity index (χ3n) is 4.87. The van der Waals surface area contributed by atoms with Crippen LogP contribution in [-0.4, -0.2) is 45.1 Å². The van der Waals surface area contributed by atoms with E-state index in [1.54, 1.807) is 0 Å². The van der Waals surface area contributed by atoms with Gasteiger partial charge in [0, 0.05) is 12.7 Å². The second kappa shape index (κ2) is 7.28. The van der Waals surface area contributed by atoms with Crippen LogP contribution in [-0.2, 0) is 27.5 Å². The zero-order valence-corrected chi connectivity index (χ0v) is 15.2. The Bertz CT molecular complexity index is 943. The zero-order chi connectivity index (χ0) is 19.7. The van der Waals surface area contributed by atoms with Gasteiger partial charge in [0.05, 0.1) is 6.54 Å². The number of hydrogen-bond donors (Lipinski definition) is 1. The van der Waals surface area contributed by atoms with E-state index >= 15 is 0 Å². The number of carbonyl (C=O) groups excluding carboxylic acids is 3. The highest BCUT2D eigenvalue weighted by molar-refractivity contribution is 6.06. The van der Waals surface area contributed by atoms with Gasteiger partial charge in [-0.25, -0.2) is 0 Å². The molecule has 0 saturated carbocycles. The average Bonchev–Trinajstić information content (AvgIpc) is 2.71. The molecule has 2 heterocycles. The molecular formula is C21H20N4O3. The van der Waals surface area contributed by atoms with Crippen molar-refractivity contribution in [1.29, 1.82) is 0 Å². The number of nitrogens with zero attached hydrogens (tertiary/aromatic N) is 3. The molecule has 4 rings (SSSR count). The van der Waals surface area contributed by atoms with Gasteiger partial charge in [-0.05, 0) is 11.1 Å². The molecule has 2 aromatic rings. The lowest BCUT2D eigenvalue weighted by molar-refractivity contribution is -0.154. The van der Waals surface area contributed by atoms with Crippen LogP contribution >= 0.6 is 0 Å². The van der Waals surface area contributed by atoms with Gasteiger partial charge < -0.3 is 15.5 Å². The first-order valence-corrected chi connectivity index (χ1v) is 9.01. The van der Waals surface area contributed by atoms with Gasteiger partial charge >= 0.3 is 0 Å². The van der Waals surface area contributed by atoms with Gasteiger partial charge in [0.25, 0.3) is 11.8 Å². The molecule has 142 valence electrons. The lowest BCUT2D eigenvalue weighted by Crippen LogP contribution is -2.64. The standard InChI is InChI=1S/C21H20N4O3/c22-19-21(28)23(11-15-7-3-1-4-8-15)13-17-20(27)24(14-18(26)25(17)19)12-16-9-5-2-6-10-16/h1-10,13,19H,11-12,14,22H2/t19-/m1/s1. The number of fused-ring (bicyclic) bond motifs is 1. The normalized spacial score (nSPS) is 19.6. The second-order valence-corrected chi connectivity index (χ2v) is 6.82.